The molecule has 0 saturated carbocycles. The molecule has 3 rings (SSSR count). The molecule has 7 nitrogen and oxygen atoms in total. The summed E-state index contributed by atoms with van der Waals surface area (Å²) in [7, 11) is 0. The van der Waals surface area contributed by atoms with Gasteiger partial charge in [-0.25, -0.2) is 4.79 Å². The normalized spacial score (nSPS) is 13.7. The smallest absolute Gasteiger partial charge is 0.372 e. The lowest BCUT2D eigenvalue weighted by molar-refractivity contribution is -0.137. The van der Waals surface area contributed by atoms with Gasteiger partial charge in [0.25, 0.3) is 0 Å². The van der Waals surface area contributed by atoms with Crippen LogP contribution in [0.3, 0.4) is 0 Å². The lowest BCUT2D eigenvalue weighted by atomic mass is 10.2. The number of amides is 2. The number of nitrogens with zero attached hydrogens (tertiary/aromatic N) is 3. The summed E-state index contributed by atoms with van der Waals surface area (Å²) in [6.07, 6.45) is -2.01. The zero-order chi connectivity index (χ0) is 27.5. The molecular weight excluding hydrogens is 513 g/mol. The molecule has 2 amide bonds. The molecule has 0 bridgehead atoms. The van der Waals surface area contributed by atoms with Crippen LogP contribution in [0.1, 0.15) is 32.3 Å². The van der Waals surface area contributed by atoms with Gasteiger partial charge in [-0.3, -0.25) is 0 Å². The van der Waals surface area contributed by atoms with E-state index in [9.17, 15) is 18.0 Å². The molecule has 1 heterocycles. The van der Waals surface area contributed by atoms with Crippen LogP contribution in [0.4, 0.5) is 35.0 Å². The highest BCUT2D eigenvalue weighted by atomic mass is 32.1. The molecule has 1 fully saturated rings. The fourth-order valence-electron chi connectivity index (χ4n) is 4.35. The average Bonchev–Trinajstić information content (AvgIpc) is 3.41. The van der Waals surface area contributed by atoms with Gasteiger partial charge in [-0.05, 0) is 101 Å². The van der Waals surface area contributed by atoms with Crippen molar-refractivity contribution >= 4 is 40.4 Å². The minimum atomic E-state index is -4.42. The molecule has 0 aromatic heterocycles. The van der Waals surface area contributed by atoms with E-state index in [1.54, 1.807) is 0 Å². The number of urea groups is 1. The molecule has 38 heavy (non-hydrogen) atoms. The number of carbonyl (C=O) groups is 1. The molecule has 1 saturated heterocycles. The number of hydrogen-bond donors (Lipinski definition) is 3. The van der Waals surface area contributed by atoms with Crippen molar-refractivity contribution < 1.29 is 18.0 Å². The van der Waals surface area contributed by atoms with Gasteiger partial charge < -0.3 is 30.7 Å². The number of carbonyl (C=O) groups excluding carboxylic acids is 1. The number of likely N-dealkylation sites (tertiary alicyclic amines) is 1. The second-order valence-electron chi connectivity index (χ2n) is 9.14. The fraction of sp³-hybridized carbons (Fsp3) is 0.481. The molecular formula is C27H37F3N6OS. The molecule has 0 spiro atoms. The first-order chi connectivity index (χ1) is 18.2. The first-order valence-corrected chi connectivity index (χ1v) is 13.5. The molecule has 1 aliphatic heterocycles. The Balaban J connectivity index is 1.54. The highest BCUT2D eigenvalue weighted by molar-refractivity contribution is 7.80. The summed E-state index contributed by atoms with van der Waals surface area (Å²) in [5.74, 6) is 0. The summed E-state index contributed by atoms with van der Waals surface area (Å²) in [5.41, 5.74) is 1.57. The van der Waals surface area contributed by atoms with Crippen molar-refractivity contribution in [1.29, 1.82) is 0 Å². The third kappa shape index (κ3) is 9.05. The summed E-state index contributed by atoms with van der Waals surface area (Å²) in [6, 6.07) is 12.0. The quantitative estimate of drug-likeness (QED) is 0.323. The van der Waals surface area contributed by atoms with Gasteiger partial charge in [0.1, 0.15) is 0 Å². The lowest BCUT2D eigenvalue weighted by Crippen LogP contribution is -2.44. The van der Waals surface area contributed by atoms with E-state index in [4.69, 9.17) is 12.2 Å². The Morgan fingerprint density at radius 2 is 1.50 bits per heavy atom. The van der Waals surface area contributed by atoms with E-state index in [0.717, 1.165) is 56.2 Å². The van der Waals surface area contributed by atoms with E-state index in [0.29, 0.717) is 24.7 Å². The first kappa shape index (κ1) is 29.5. The largest absolute Gasteiger partial charge is 0.416 e. The average molecular weight is 551 g/mol. The van der Waals surface area contributed by atoms with Crippen molar-refractivity contribution in [3.63, 3.8) is 0 Å². The van der Waals surface area contributed by atoms with Gasteiger partial charge in [-0.2, -0.15) is 13.2 Å². The number of rotatable bonds is 11. The van der Waals surface area contributed by atoms with E-state index in [-0.39, 0.29) is 5.69 Å². The Morgan fingerprint density at radius 3 is 2.08 bits per heavy atom. The molecule has 2 aromatic carbocycles. The van der Waals surface area contributed by atoms with Gasteiger partial charge >= 0.3 is 12.2 Å². The fourth-order valence-corrected chi connectivity index (χ4v) is 4.65. The molecule has 0 aliphatic carbocycles. The maximum Gasteiger partial charge on any atom is 0.416 e. The zero-order valence-corrected chi connectivity index (χ0v) is 22.8. The van der Waals surface area contributed by atoms with Crippen molar-refractivity contribution in [2.24, 2.45) is 0 Å². The van der Waals surface area contributed by atoms with E-state index >= 15 is 0 Å². The monoisotopic (exact) mass is 550 g/mol. The van der Waals surface area contributed by atoms with Crippen LogP contribution in [-0.4, -0.2) is 73.3 Å². The Bertz CT molecular complexity index is 1020. The highest BCUT2D eigenvalue weighted by Crippen LogP contribution is 2.29. The second-order valence-corrected chi connectivity index (χ2v) is 9.53. The van der Waals surface area contributed by atoms with E-state index < -0.39 is 17.8 Å². The van der Waals surface area contributed by atoms with Gasteiger partial charge in [0, 0.05) is 56.3 Å². The molecule has 1 aliphatic rings. The van der Waals surface area contributed by atoms with Crippen molar-refractivity contribution in [3.05, 3.63) is 54.1 Å². The second kappa shape index (κ2) is 14.2. The maximum absolute atomic E-state index is 12.7. The maximum atomic E-state index is 12.7. The van der Waals surface area contributed by atoms with Crippen molar-refractivity contribution in [2.75, 3.05) is 67.9 Å². The minimum absolute atomic E-state index is 0.284. The molecule has 0 atom stereocenters. The van der Waals surface area contributed by atoms with Crippen LogP contribution in [0, 0.1) is 0 Å². The molecule has 0 unspecified atom stereocenters. The number of alkyl halides is 3. The third-order valence-electron chi connectivity index (χ3n) is 6.56. The van der Waals surface area contributed by atoms with Gasteiger partial charge in [0.15, 0.2) is 5.11 Å². The zero-order valence-electron chi connectivity index (χ0n) is 22.0. The highest BCUT2D eigenvalue weighted by Gasteiger charge is 2.30. The number of benzene rings is 2. The Hall–Kier alpha value is -3.05. The first-order valence-electron chi connectivity index (χ1n) is 13.0. The number of halogens is 3. The van der Waals surface area contributed by atoms with Crippen molar-refractivity contribution in [3.8, 4) is 0 Å². The van der Waals surface area contributed by atoms with Crippen LogP contribution in [0.25, 0.3) is 0 Å². The Labute approximate surface area is 228 Å². The standard InChI is InChI=1S/C27H37F3N6OS/c1-3-35(4-2)24-13-11-23(12-14-24)33-26(38)36(20-19-34-16-5-6-17-34)18-15-31-25(37)32-22-9-7-21(8-10-22)27(28,29)30/h7-14H,3-6,15-20H2,1-2H3,(H,33,38)(H2,31,32,37). The predicted octanol–water partition coefficient (Wildman–Crippen LogP) is 5.47. The van der Waals surface area contributed by atoms with Gasteiger partial charge in [-0.15, -0.1) is 0 Å². The SMILES string of the molecule is CCN(CC)c1ccc(NC(=S)N(CCNC(=O)Nc2ccc(C(F)(F)F)cc2)CCN2CCCC2)cc1. The van der Waals surface area contributed by atoms with Crippen LogP contribution in [0.2, 0.25) is 0 Å². The van der Waals surface area contributed by atoms with Crippen LogP contribution in [0.15, 0.2) is 48.5 Å². The summed E-state index contributed by atoms with van der Waals surface area (Å²) < 4.78 is 38.2. The predicted molar refractivity (Wildman–Crippen MR) is 152 cm³/mol. The third-order valence-corrected chi connectivity index (χ3v) is 6.92. The van der Waals surface area contributed by atoms with Gasteiger partial charge in [-0.1, -0.05) is 0 Å². The van der Waals surface area contributed by atoms with E-state index in [1.165, 1.54) is 25.0 Å². The number of nitrogens with one attached hydrogen (secondary N) is 3. The van der Waals surface area contributed by atoms with Crippen molar-refractivity contribution in [2.45, 2.75) is 32.9 Å². The van der Waals surface area contributed by atoms with E-state index in [1.807, 2.05) is 17.0 Å². The lowest BCUT2D eigenvalue weighted by Gasteiger charge is -2.28. The number of anilines is 3. The molecule has 2 aromatic rings. The number of hydrogen-bond acceptors (Lipinski definition) is 4. The van der Waals surface area contributed by atoms with Crippen LogP contribution in [0.5, 0.6) is 0 Å². The molecule has 208 valence electrons. The molecule has 3 N–H and O–H groups in total. The van der Waals surface area contributed by atoms with Crippen molar-refractivity contribution in [1.82, 2.24) is 15.1 Å². The van der Waals surface area contributed by atoms with Gasteiger partial charge in [0.05, 0.1) is 5.56 Å². The molecule has 11 heteroatoms. The number of thiocarbonyl (C=S) groups is 1. The summed E-state index contributed by atoms with van der Waals surface area (Å²) in [6.45, 7) is 10.7. The Kier molecular flexibility index (Phi) is 11.0. The Morgan fingerprint density at radius 1 is 0.921 bits per heavy atom. The van der Waals surface area contributed by atoms with E-state index in [2.05, 4.69) is 51.7 Å². The van der Waals surface area contributed by atoms with Crippen LogP contribution >= 0.6 is 12.2 Å². The minimum Gasteiger partial charge on any atom is -0.372 e. The van der Waals surface area contributed by atoms with Gasteiger partial charge in [0.2, 0.25) is 0 Å². The summed E-state index contributed by atoms with van der Waals surface area (Å²) >= 11 is 5.72. The summed E-state index contributed by atoms with van der Waals surface area (Å²) in [5, 5.41) is 9.22. The van der Waals surface area contributed by atoms with Crippen LogP contribution in [-0.2, 0) is 6.18 Å². The topological polar surface area (TPSA) is 62.9 Å². The molecule has 0 radical (unpaired) electrons. The van der Waals surface area contributed by atoms with Crippen LogP contribution < -0.4 is 20.9 Å². The summed E-state index contributed by atoms with van der Waals surface area (Å²) in [4.78, 5) is 19.0.